The maximum Gasteiger partial charge on any atom is 0.431 e. The third-order valence-electron chi connectivity index (χ3n) is 3.89. The van der Waals surface area contributed by atoms with E-state index in [0.717, 1.165) is 10.5 Å². The zero-order valence-electron chi connectivity index (χ0n) is 13.0. The van der Waals surface area contributed by atoms with Crippen molar-refractivity contribution in [2.75, 3.05) is 11.3 Å². The molecule has 8 heteroatoms. The summed E-state index contributed by atoms with van der Waals surface area (Å²) in [5.74, 6) is 0. The Morgan fingerprint density at radius 1 is 1.12 bits per heavy atom. The van der Waals surface area contributed by atoms with Gasteiger partial charge in [-0.3, -0.25) is 5.01 Å². The van der Waals surface area contributed by atoms with Gasteiger partial charge in [-0.2, -0.15) is 18.3 Å². The van der Waals surface area contributed by atoms with Crippen molar-refractivity contribution in [1.29, 1.82) is 0 Å². The Balaban J connectivity index is 2.03. The van der Waals surface area contributed by atoms with Crippen LogP contribution in [0, 0.1) is 0 Å². The molecule has 2 aromatic carbocycles. The molecule has 0 saturated carbocycles. The van der Waals surface area contributed by atoms with Gasteiger partial charge in [-0.1, -0.05) is 35.3 Å². The van der Waals surface area contributed by atoms with Crippen molar-refractivity contribution in [2.45, 2.75) is 23.5 Å². The summed E-state index contributed by atoms with van der Waals surface area (Å²) in [5, 5.41) is 5.81. The lowest BCUT2D eigenvalue weighted by atomic mass is 10.0. The van der Waals surface area contributed by atoms with E-state index in [0.29, 0.717) is 10.7 Å². The molecule has 1 heterocycles. The van der Waals surface area contributed by atoms with E-state index in [4.69, 9.17) is 23.2 Å². The largest absolute Gasteiger partial charge is 0.431 e. The fourth-order valence-electron chi connectivity index (χ4n) is 2.66. The highest BCUT2D eigenvalue weighted by Crippen LogP contribution is 2.42. The van der Waals surface area contributed by atoms with Crippen LogP contribution in [0.25, 0.3) is 0 Å². The number of benzene rings is 2. The van der Waals surface area contributed by atoms with Gasteiger partial charge in [0.05, 0.1) is 16.8 Å². The van der Waals surface area contributed by atoms with Crippen molar-refractivity contribution < 1.29 is 13.2 Å². The van der Waals surface area contributed by atoms with Crippen molar-refractivity contribution >= 4 is 46.4 Å². The smallest absolute Gasteiger partial charge is 0.256 e. The normalized spacial score (nSPS) is 17.8. The van der Waals surface area contributed by atoms with E-state index in [1.54, 1.807) is 23.9 Å². The fraction of sp³-hybridized carbons (Fsp3) is 0.235. The highest BCUT2D eigenvalue weighted by molar-refractivity contribution is 7.98. The standard InChI is InChI=1S/C17H13Cl2F3N2S/c1-25-12-5-2-10(3-6-12)15-9-16(17(20,21)22)23-24(15)14-7-4-11(18)8-13(14)19/h2-8,15H,9H2,1H3. The monoisotopic (exact) mass is 404 g/mol. The van der Waals surface area contributed by atoms with Crippen LogP contribution < -0.4 is 5.01 Å². The van der Waals surface area contributed by atoms with E-state index in [1.165, 1.54) is 11.1 Å². The van der Waals surface area contributed by atoms with E-state index in [-0.39, 0.29) is 11.4 Å². The van der Waals surface area contributed by atoms with Gasteiger partial charge in [-0.15, -0.1) is 11.8 Å². The third-order valence-corrected chi connectivity index (χ3v) is 5.18. The number of hydrazone groups is 1. The molecule has 1 atom stereocenters. The van der Waals surface area contributed by atoms with E-state index in [1.807, 2.05) is 30.5 Å². The molecule has 0 bridgehead atoms. The van der Waals surface area contributed by atoms with Gasteiger partial charge in [0.2, 0.25) is 0 Å². The van der Waals surface area contributed by atoms with Gasteiger partial charge in [0, 0.05) is 16.3 Å². The van der Waals surface area contributed by atoms with Crippen LogP contribution in [0.4, 0.5) is 18.9 Å². The zero-order chi connectivity index (χ0) is 18.2. The van der Waals surface area contributed by atoms with Crippen molar-refractivity contribution in [1.82, 2.24) is 0 Å². The molecule has 0 aromatic heterocycles. The Morgan fingerprint density at radius 2 is 1.80 bits per heavy atom. The minimum atomic E-state index is -4.48. The molecule has 132 valence electrons. The molecule has 2 nitrogen and oxygen atoms in total. The summed E-state index contributed by atoms with van der Waals surface area (Å²) in [4.78, 5) is 1.04. The summed E-state index contributed by atoms with van der Waals surface area (Å²) >= 11 is 13.7. The number of rotatable bonds is 3. The number of nitrogens with zero attached hydrogens (tertiary/aromatic N) is 2. The van der Waals surface area contributed by atoms with E-state index in [9.17, 15) is 13.2 Å². The summed E-state index contributed by atoms with van der Waals surface area (Å²) in [5.41, 5.74) is 0.313. The number of anilines is 1. The molecule has 1 aliphatic heterocycles. The first-order valence-corrected chi connectivity index (χ1v) is 9.30. The Kier molecular flexibility index (Phi) is 5.23. The van der Waals surface area contributed by atoms with E-state index in [2.05, 4.69) is 5.10 Å². The molecule has 0 fully saturated rings. The number of hydrogen-bond donors (Lipinski definition) is 0. The molecule has 1 aliphatic rings. The lowest BCUT2D eigenvalue weighted by Crippen LogP contribution is -2.21. The molecule has 0 amide bonds. The van der Waals surface area contributed by atoms with Crippen LogP contribution in [-0.2, 0) is 0 Å². The lowest BCUT2D eigenvalue weighted by Gasteiger charge is -2.25. The van der Waals surface area contributed by atoms with Crippen molar-refractivity contribution in [3.8, 4) is 0 Å². The van der Waals surface area contributed by atoms with Crippen LogP contribution in [0.1, 0.15) is 18.0 Å². The zero-order valence-corrected chi connectivity index (χ0v) is 15.3. The van der Waals surface area contributed by atoms with Crippen molar-refractivity contribution in [2.24, 2.45) is 5.10 Å². The molecule has 1 unspecified atom stereocenters. The molecule has 2 aromatic rings. The van der Waals surface area contributed by atoms with Crippen molar-refractivity contribution in [3.05, 3.63) is 58.1 Å². The Hall–Kier alpha value is -1.37. The Bertz CT molecular complexity index is 807. The SMILES string of the molecule is CSc1ccc(C2CC(C(F)(F)F)=NN2c2ccc(Cl)cc2Cl)cc1. The average molecular weight is 405 g/mol. The average Bonchev–Trinajstić information content (AvgIpc) is 3.00. The van der Waals surface area contributed by atoms with Crippen LogP contribution in [0.5, 0.6) is 0 Å². The van der Waals surface area contributed by atoms with Gasteiger partial charge in [-0.25, -0.2) is 0 Å². The fourth-order valence-corrected chi connectivity index (χ4v) is 3.56. The molecule has 3 rings (SSSR count). The van der Waals surface area contributed by atoms with Crippen molar-refractivity contribution in [3.63, 3.8) is 0 Å². The summed E-state index contributed by atoms with van der Waals surface area (Å²) in [6.07, 6.45) is -2.78. The molecule has 0 aliphatic carbocycles. The second-order valence-electron chi connectivity index (χ2n) is 5.48. The number of hydrogen-bond acceptors (Lipinski definition) is 3. The minimum absolute atomic E-state index is 0.235. The number of thioether (sulfide) groups is 1. The first-order chi connectivity index (χ1) is 11.8. The van der Waals surface area contributed by atoms with E-state index >= 15 is 0 Å². The second kappa shape index (κ2) is 7.09. The summed E-state index contributed by atoms with van der Waals surface area (Å²) < 4.78 is 39.6. The van der Waals surface area contributed by atoms with E-state index < -0.39 is 17.9 Å². The van der Waals surface area contributed by atoms with Crippen LogP contribution in [0.3, 0.4) is 0 Å². The number of halogens is 5. The Morgan fingerprint density at radius 3 is 2.36 bits per heavy atom. The predicted molar refractivity (Wildman–Crippen MR) is 98.0 cm³/mol. The van der Waals surface area contributed by atoms with Gasteiger partial charge in [0.1, 0.15) is 5.71 Å². The maximum absolute atomic E-state index is 13.2. The van der Waals surface area contributed by atoms with Gasteiger partial charge >= 0.3 is 6.18 Å². The van der Waals surface area contributed by atoms with Gasteiger partial charge in [0.15, 0.2) is 0 Å². The van der Waals surface area contributed by atoms with Gasteiger partial charge in [-0.05, 0) is 42.2 Å². The highest BCUT2D eigenvalue weighted by atomic mass is 35.5. The van der Waals surface area contributed by atoms with Crippen LogP contribution in [0.15, 0.2) is 52.5 Å². The summed E-state index contributed by atoms with van der Waals surface area (Å²) in [7, 11) is 0. The Labute approximate surface area is 157 Å². The summed E-state index contributed by atoms with van der Waals surface area (Å²) in [6, 6.07) is 11.5. The molecule has 0 radical (unpaired) electrons. The number of alkyl halides is 3. The molecule has 0 spiro atoms. The highest BCUT2D eigenvalue weighted by Gasteiger charge is 2.43. The molecular formula is C17H13Cl2F3N2S. The molecule has 0 N–H and O–H groups in total. The minimum Gasteiger partial charge on any atom is -0.256 e. The second-order valence-corrected chi connectivity index (χ2v) is 7.20. The molecular weight excluding hydrogens is 392 g/mol. The quantitative estimate of drug-likeness (QED) is 0.536. The van der Waals surface area contributed by atoms with Gasteiger partial charge < -0.3 is 0 Å². The third kappa shape index (κ3) is 3.91. The van der Waals surface area contributed by atoms with Crippen LogP contribution in [-0.4, -0.2) is 18.1 Å². The van der Waals surface area contributed by atoms with Crippen LogP contribution >= 0.6 is 35.0 Å². The summed E-state index contributed by atoms with van der Waals surface area (Å²) in [6.45, 7) is 0. The molecule has 25 heavy (non-hydrogen) atoms. The lowest BCUT2D eigenvalue weighted by molar-refractivity contribution is -0.0600. The van der Waals surface area contributed by atoms with Crippen LogP contribution in [0.2, 0.25) is 10.0 Å². The first kappa shape index (κ1) is 18.4. The predicted octanol–water partition coefficient (Wildman–Crippen LogP) is 6.59. The van der Waals surface area contributed by atoms with Gasteiger partial charge in [0.25, 0.3) is 0 Å². The first-order valence-electron chi connectivity index (χ1n) is 7.32. The topological polar surface area (TPSA) is 15.6 Å². The maximum atomic E-state index is 13.2. The molecule has 0 saturated heterocycles.